The fraction of sp³-hybridized carbons (Fsp3) is 0.538. The van der Waals surface area contributed by atoms with E-state index in [-0.39, 0.29) is 23.2 Å². The molecule has 3 N–H and O–H groups in total. The lowest BCUT2D eigenvalue weighted by molar-refractivity contribution is 0.102. The summed E-state index contributed by atoms with van der Waals surface area (Å²) in [4.78, 5) is 38.3. The number of aromatic nitrogens is 6. The van der Waals surface area contributed by atoms with Gasteiger partial charge in [-0.1, -0.05) is 18.7 Å². The molecule has 0 unspecified atom stereocenters. The number of hydrogen-bond donors (Lipinski definition) is 2. The van der Waals surface area contributed by atoms with Crippen molar-refractivity contribution in [3.8, 4) is 0 Å². The van der Waals surface area contributed by atoms with Crippen LogP contribution in [0, 0.1) is 0 Å². The van der Waals surface area contributed by atoms with E-state index in [2.05, 4.69) is 20.5 Å². The van der Waals surface area contributed by atoms with Crippen LogP contribution < -0.4 is 17.0 Å². The number of tetrazole rings is 1. The topological polar surface area (TPSA) is 142 Å². The number of anilines is 1. The number of carbonyl (C=O) groups excluding carboxylic acids is 1. The van der Waals surface area contributed by atoms with E-state index < -0.39 is 17.0 Å². The highest BCUT2D eigenvalue weighted by atomic mass is 32.2. The second-order valence-electron chi connectivity index (χ2n) is 5.52. The highest BCUT2D eigenvalue weighted by Crippen LogP contribution is 2.36. The number of nitrogens with one attached hydrogen (secondary N) is 1. The van der Waals surface area contributed by atoms with Crippen LogP contribution in [0.2, 0.25) is 0 Å². The summed E-state index contributed by atoms with van der Waals surface area (Å²) in [7, 11) is 0. The Kier molecular flexibility index (Phi) is 4.51. The number of carbonyl (C=O) groups is 1. The summed E-state index contributed by atoms with van der Waals surface area (Å²) >= 11 is 1.15. The molecule has 0 spiro atoms. The number of nitrogen functional groups attached to an aromatic ring is 1. The number of nitrogens with zero attached hydrogens (tertiary/aromatic N) is 5. The van der Waals surface area contributed by atoms with E-state index in [1.165, 1.54) is 4.57 Å². The van der Waals surface area contributed by atoms with E-state index in [9.17, 15) is 14.4 Å². The molecule has 0 saturated heterocycles. The summed E-state index contributed by atoms with van der Waals surface area (Å²) in [6.45, 7) is 2.20. The van der Waals surface area contributed by atoms with Crippen LogP contribution in [0.1, 0.15) is 42.6 Å². The molecule has 0 amide bonds. The minimum absolute atomic E-state index is 0.0370. The molecular weight excluding hydrogens is 334 g/mol. The van der Waals surface area contributed by atoms with Gasteiger partial charge in [-0.05, 0) is 29.7 Å². The number of thioether (sulfide) groups is 1. The Bertz CT molecular complexity index is 880. The Morgan fingerprint density at radius 2 is 2.17 bits per heavy atom. The summed E-state index contributed by atoms with van der Waals surface area (Å²) in [6.07, 6.45) is 2.68. The zero-order valence-corrected chi connectivity index (χ0v) is 13.9. The number of Topliss-reactive ketones (excluding diaryl/α,β-unsaturated/α-hetero) is 1. The molecule has 3 rings (SSSR count). The molecule has 2 aromatic rings. The predicted molar refractivity (Wildman–Crippen MR) is 87.2 cm³/mol. The first-order valence-electron chi connectivity index (χ1n) is 7.59. The van der Waals surface area contributed by atoms with Crippen LogP contribution in [0.25, 0.3) is 0 Å². The van der Waals surface area contributed by atoms with Gasteiger partial charge in [0, 0.05) is 6.54 Å². The molecule has 1 saturated carbocycles. The first kappa shape index (κ1) is 16.4. The summed E-state index contributed by atoms with van der Waals surface area (Å²) in [5.41, 5.74) is 4.31. The maximum atomic E-state index is 12.4. The zero-order chi connectivity index (χ0) is 17.3. The molecule has 0 radical (unpaired) electrons. The number of nitrogens with two attached hydrogens (primary N) is 1. The van der Waals surface area contributed by atoms with Crippen LogP contribution in [-0.4, -0.2) is 41.3 Å². The lowest BCUT2D eigenvalue weighted by atomic mass is 10.2. The molecule has 1 fully saturated rings. The maximum absolute atomic E-state index is 12.4. The van der Waals surface area contributed by atoms with Crippen LogP contribution in [0.15, 0.2) is 14.7 Å². The molecule has 0 aliphatic heterocycles. The van der Waals surface area contributed by atoms with Crippen molar-refractivity contribution in [1.82, 2.24) is 29.8 Å². The Hall–Kier alpha value is -2.43. The minimum atomic E-state index is -0.766. The van der Waals surface area contributed by atoms with Crippen molar-refractivity contribution in [3.05, 3.63) is 26.4 Å². The van der Waals surface area contributed by atoms with E-state index in [0.717, 1.165) is 24.6 Å². The van der Waals surface area contributed by atoms with Gasteiger partial charge in [0.15, 0.2) is 5.78 Å². The lowest BCUT2D eigenvalue weighted by Crippen LogP contribution is -2.36. The lowest BCUT2D eigenvalue weighted by Gasteiger charge is -2.10. The first-order chi connectivity index (χ1) is 11.5. The molecular formula is C13H17N7O3S. The zero-order valence-electron chi connectivity index (χ0n) is 13.1. The molecule has 10 nitrogen and oxygen atoms in total. The van der Waals surface area contributed by atoms with E-state index in [0.29, 0.717) is 18.1 Å². The third-order valence-electron chi connectivity index (χ3n) is 3.65. The predicted octanol–water partition coefficient (Wildman–Crippen LogP) is -0.175. The van der Waals surface area contributed by atoms with Crippen LogP contribution in [0.4, 0.5) is 5.82 Å². The molecule has 2 heterocycles. The first-order valence-corrected chi connectivity index (χ1v) is 8.58. The third kappa shape index (κ3) is 3.11. The summed E-state index contributed by atoms with van der Waals surface area (Å²) in [5, 5.41) is 11.9. The van der Waals surface area contributed by atoms with Crippen molar-refractivity contribution in [2.24, 2.45) is 0 Å². The summed E-state index contributed by atoms with van der Waals surface area (Å²) in [6, 6.07) is 0.289. The van der Waals surface area contributed by atoms with Crippen molar-refractivity contribution in [3.63, 3.8) is 0 Å². The Morgan fingerprint density at radius 1 is 1.42 bits per heavy atom. The maximum Gasteiger partial charge on any atom is 0.329 e. The molecule has 0 bridgehead atoms. The largest absolute Gasteiger partial charge is 0.384 e. The highest BCUT2D eigenvalue weighted by molar-refractivity contribution is 7.99. The smallest absolute Gasteiger partial charge is 0.329 e. The molecule has 0 atom stereocenters. The normalized spacial score (nSPS) is 14.0. The average molecular weight is 351 g/mol. The van der Waals surface area contributed by atoms with Gasteiger partial charge in [0.2, 0.25) is 5.16 Å². The van der Waals surface area contributed by atoms with Crippen molar-refractivity contribution in [1.29, 1.82) is 0 Å². The summed E-state index contributed by atoms with van der Waals surface area (Å²) in [5.74, 6) is -0.600. The SMILES string of the molecule is CCCn1c(N)c(C(=O)CSc2nnnn2C2CC2)c(=O)[nH]c1=O. The molecule has 24 heavy (non-hydrogen) atoms. The standard InChI is InChI=1S/C13H17N7O3S/c1-2-5-19-10(14)9(11(22)15-12(19)23)8(21)6-24-13-16-17-18-20(13)7-3-4-7/h7H,2-6,14H2,1H3,(H,15,22,23). The Balaban J connectivity index is 1.82. The van der Waals surface area contributed by atoms with E-state index >= 15 is 0 Å². The molecule has 1 aliphatic carbocycles. The average Bonchev–Trinajstić information content (AvgIpc) is 3.27. The van der Waals surface area contributed by atoms with Gasteiger partial charge in [0.25, 0.3) is 5.56 Å². The van der Waals surface area contributed by atoms with Crippen LogP contribution >= 0.6 is 11.8 Å². The number of ketones is 1. The van der Waals surface area contributed by atoms with Gasteiger partial charge >= 0.3 is 5.69 Å². The molecule has 1 aliphatic rings. The monoisotopic (exact) mass is 351 g/mol. The van der Waals surface area contributed by atoms with Gasteiger partial charge in [0.05, 0.1) is 11.8 Å². The van der Waals surface area contributed by atoms with Gasteiger partial charge in [0.1, 0.15) is 11.4 Å². The van der Waals surface area contributed by atoms with E-state index in [1.54, 1.807) is 4.68 Å². The molecule has 2 aromatic heterocycles. The molecule has 11 heteroatoms. The van der Waals surface area contributed by atoms with E-state index in [4.69, 9.17) is 5.73 Å². The van der Waals surface area contributed by atoms with Crippen molar-refractivity contribution in [2.45, 2.75) is 43.9 Å². The van der Waals surface area contributed by atoms with Gasteiger partial charge in [-0.2, -0.15) is 0 Å². The van der Waals surface area contributed by atoms with Crippen LogP contribution in [-0.2, 0) is 6.54 Å². The second-order valence-corrected chi connectivity index (χ2v) is 6.46. The molecule has 128 valence electrons. The van der Waals surface area contributed by atoms with Crippen molar-refractivity contribution < 1.29 is 4.79 Å². The quantitative estimate of drug-likeness (QED) is 0.517. The second kappa shape index (κ2) is 6.59. The molecule has 0 aromatic carbocycles. The number of H-pyrrole nitrogens is 1. The highest BCUT2D eigenvalue weighted by Gasteiger charge is 2.28. The van der Waals surface area contributed by atoms with E-state index in [1.807, 2.05) is 6.92 Å². The van der Waals surface area contributed by atoms with Crippen molar-refractivity contribution in [2.75, 3.05) is 11.5 Å². The Labute approximate surface area is 140 Å². The van der Waals surface area contributed by atoms with Gasteiger partial charge in [-0.15, -0.1) is 5.10 Å². The van der Waals surface area contributed by atoms with Crippen molar-refractivity contribution >= 4 is 23.4 Å². The minimum Gasteiger partial charge on any atom is -0.384 e. The Morgan fingerprint density at radius 3 is 2.83 bits per heavy atom. The van der Waals surface area contributed by atoms with Gasteiger partial charge in [-0.25, -0.2) is 9.48 Å². The number of hydrogen-bond acceptors (Lipinski definition) is 8. The number of aromatic amines is 1. The fourth-order valence-electron chi connectivity index (χ4n) is 2.33. The van der Waals surface area contributed by atoms with Gasteiger partial charge in [-0.3, -0.25) is 19.1 Å². The van der Waals surface area contributed by atoms with Crippen LogP contribution in [0.3, 0.4) is 0 Å². The summed E-state index contributed by atoms with van der Waals surface area (Å²) < 4.78 is 2.89. The van der Waals surface area contributed by atoms with Crippen LogP contribution in [0.5, 0.6) is 0 Å². The third-order valence-corrected chi connectivity index (χ3v) is 4.59. The number of rotatable bonds is 7. The fourth-order valence-corrected chi connectivity index (χ4v) is 3.15. The van der Waals surface area contributed by atoms with Gasteiger partial charge < -0.3 is 5.73 Å².